The zero-order chi connectivity index (χ0) is 25.9. The van der Waals surface area contributed by atoms with Crippen molar-refractivity contribution >= 4 is 15.7 Å². The summed E-state index contributed by atoms with van der Waals surface area (Å²) in [6.45, 7) is -0.250. The molecule has 2 aromatic carbocycles. The largest absolute Gasteiger partial charge is 0.497 e. The number of nitrogens with one attached hydrogen (secondary N) is 1. The van der Waals surface area contributed by atoms with Gasteiger partial charge < -0.3 is 14.2 Å². The summed E-state index contributed by atoms with van der Waals surface area (Å²) in [5.41, 5.74) is 0.0784. The average molecular weight is 523 g/mol. The number of hydrogen-bond donors (Lipinski definition) is 1. The average Bonchev–Trinajstić information content (AvgIpc) is 3.29. The van der Waals surface area contributed by atoms with Gasteiger partial charge in [0.1, 0.15) is 18.1 Å². The molecular weight excluding hydrogens is 503 g/mol. The van der Waals surface area contributed by atoms with Gasteiger partial charge in [-0.25, -0.2) is 13.1 Å². The van der Waals surface area contributed by atoms with Gasteiger partial charge in [-0.15, -0.1) is 15.3 Å². The van der Waals surface area contributed by atoms with Crippen molar-refractivity contribution in [3.05, 3.63) is 60.2 Å². The van der Waals surface area contributed by atoms with Gasteiger partial charge in [0.25, 0.3) is 0 Å². The van der Waals surface area contributed by atoms with Crippen LogP contribution in [0.4, 0.5) is 13.2 Å². The molecule has 0 aliphatic carbocycles. The van der Waals surface area contributed by atoms with Gasteiger partial charge in [0, 0.05) is 12.6 Å². The van der Waals surface area contributed by atoms with Crippen molar-refractivity contribution in [1.82, 2.24) is 24.5 Å². The minimum Gasteiger partial charge on any atom is -0.497 e. The summed E-state index contributed by atoms with van der Waals surface area (Å²) in [5.74, 6) is 1.64. The predicted octanol–water partition coefficient (Wildman–Crippen LogP) is 3.18. The topological polar surface area (TPSA) is 117 Å². The lowest BCUT2D eigenvalue weighted by molar-refractivity contribution is -0.137. The first-order valence-electron chi connectivity index (χ1n) is 10.4. The van der Waals surface area contributed by atoms with Crippen LogP contribution in [0.2, 0.25) is 0 Å². The maximum Gasteiger partial charge on any atom is 0.416 e. The molecule has 10 nitrogen and oxygen atoms in total. The van der Waals surface area contributed by atoms with E-state index in [1.807, 2.05) is 0 Å². The van der Waals surface area contributed by atoms with Crippen LogP contribution >= 0.6 is 0 Å². The third-order valence-electron chi connectivity index (χ3n) is 5.02. The van der Waals surface area contributed by atoms with E-state index in [9.17, 15) is 21.6 Å². The van der Waals surface area contributed by atoms with Crippen LogP contribution in [-0.2, 0) is 16.2 Å². The quantitative estimate of drug-likeness (QED) is 0.333. The molecule has 2 aromatic heterocycles. The van der Waals surface area contributed by atoms with Crippen molar-refractivity contribution in [2.75, 3.05) is 27.4 Å². The highest BCUT2D eigenvalue weighted by Crippen LogP contribution is 2.32. The second kappa shape index (κ2) is 9.99. The van der Waals surface area contributed by atoms with E-state index in [4.69, 9.17) is 14.2 Å². The van der Waals surface area contributed by atoms with Gasteiger partial charge in [-0.1, -0.05) is 0 Å². The van der Waals surface area contributed by atoms with E-state index in [-0.39, 0.29) is 23.9 Å². The molecule has 0 fully saturated rings. The Balaban J connectivity index is 1.45. The molecule has 0 saturated carbocycles. The lowest BCUT2D eigenvalue weighted by Gasteiger charge is -2.11. The number of benzene rings is 2. The third-order valence-corrected chi connectivity index (χ3v) is 6.50. The van der Waals surface area contributed by atoms with E-state index < -0.39 is 21.8 Å². The predicted molar refractivity (Wildman–Crippen MR) is 121 cm³/mol. The Morgan fingerprint density at radius 2 is 1.72 bits per heavy atom. The fraction of sp³-hybridized carbons (Fsp3) is 0.227. The molecule has 190 valence electrons. The minimum atomic E-state index is -4.56. The molecular formula is C22H20F3N5O5S. The zero-order valence-corrected chi connectivity index (χ0v) is 19.8. The van der Waals surface area contributed by atoms with Crippen molar-refractivity contribution in [3.63, 3.8) is 0 Å². The second-order valence-electron chi connectivity index (χ2n) is 7.30. The van der Waals surface area contributed by atoms with Crippen LogP contribution in [0.3, 0.4) is 0 Å². The van der Waals surface area contributed by atoms with Gasteiger partial charge in [-0.05, 0) is 48.5 Å². The summed E-state index contributed by atoms with van der Waals surface area (Å²) in [4.78, 5) is -0.295. The second-order valence-corrected chi connectivity index (χ2v) is 9.07. The lowest BCUT2D eigenvalue weighted by atomic mass is 10.2. The maximum atomic E-state index is 12.7. The Morgan fingerprint density at radius 1 is 0.972 bits per heavy atom. The number of alkyl halides is 3. The zero-order valence-electron chi connectivity index (χ0n) is 19.0. The Kier molecular flexibility index (Phi) is 6.99. The summed E-state index contributed by atoms with van der Waals surface area (Å²) in [6.07, 6.45) is -4.56. The molecule has 2 heterocycles. The molecule has 14 heteroatoms. The maximum absolute atomic E-state index is 12.7. The summed E-state index contributed by atoms with van der Waals surface area (Å²) < 4.78 is 82.7. The summed E-state index contributed by atoms with van der Waals surface area (Å²) in [7, 11) is -0.981. The summed E-state index contributed by atoms with van der Waals surface area (Å²) in [6, 6.07) is 11.5. The normalized spacial score (nSPS) is 12.0. The lowest BCUT2D eigenvalue weighted by Crippen LogP contribution is -2.28. The van der Waals surface area contributed by atoms with E-state index in [1.165, 1.54) is 18.7 Å². The molecule has 0 unspecified atom stereocenters. The molecule has 0 bridgehead atoms. The number of hydrogen-bond acceptors (Lipinski definition) is 8. The number of rotatable bonds is 9. The van der Waals surface area contributed by atoms with Crippen LogP contribution in [-0.4, -0.2) is 55.6 Å². The van der Waals surface area contributed by atoms with Crippen LogP contribution in [0.25, 0.3) is 17.0 Å². The molecule has 0 aliphatic heterocycles. The van der Waals surface area contributed by atoms with E-state index in [0.717, 1.165) is 12.1 Å². The number of fused-ring (bicyclic) bond motifs is 1. The first-order valence-corrected chi connectivity index (χ1v) is 11.9. The highest BCUT2D eigenvalue weighted by molar-refractivity contribution is 7.89. The number of nitrogens with zero attached hydrogens (tertiary/aromatic N) is 4. The molecule has 0 spiro atoms. The van der Waals surface area contributed by atoms with Crippen molar-refractivity contribution in [1.29, 1.82) is 0 Å². The molecule has 4 aromatic rings. The number of aromatic nitrogens is 4. The van der Waals surface area contributed by atoms with Gasteiger partial charge in [0.05, 0.1) is 30.2 Å². The van der Waals surface area contributed by atoms with Crippen molar-refractivity contribution < 1.29 is 35.8 Å². The number of halogens is 3. The minimum absolute atomic E-state index is 0.0989. The molecule has 36 heavy (non-hydrogen) atoms. The highest BCUT2D eigenvalue weighted by Gasteiger charge is 2.30. The summed E-state index contributed by atoms with van der Waals surface area (Å²) >= 11 is 0. The fourth-order valence-corrected chi connectivity index (χ4v) is 4.26. The van der Waals surface area contributed by atoms with Crippen LogP contribution < -0.4 is 18.9 Å². The van der Waals surface area contributed by atoms with Gasteiger partial charge in [-0.2, -0.15) is 17.7 Å². The Bertz CT molecular complexity index is 1470. The van der Waals surface area contributed by atoms with E-state index in [2.05, 4.69) is 20.0 Å². The molecule has 1 N–H and O–H groups in total. The smallest absolute Gasteiger partial charge is 0.416 e. The van der Waals surface area contributed by atoms with Gasteiger partial charge in [-0.3, -0.25) is 0 Å². The van der Waals surface area contributed by atoms with E-state index >= 15 is 0 Å². The first-order chi connectivity index (χ1) is 17.1. The van der Waals surface area contributed by atoms with Crippen molar-refractivity contribution in [2.24, 2.45) is 0 Å². The number of sulfonamides is 1. The van der Waals surface area contributed by atoms with Crippen LogP contribution in [0.5, 0.6) is 17.4 Å². The van der Waals surface area contributed by atoms with Crippen molar-refractivity contribution in [3.8, 4) is 28.8 Å². The summed E-state index contributed by atoms with van der Waals surface area (Å²) in [5, 5.41) is 12.6. The highest BCUT2D eigenvalue weighted by atomic mass is 32.2. The SMILES string of the molecule is COc1ccc(OC)c(-c2nnc3ccc(OCCNS(=O)(=O)c4ccc(C(F)(F)F)cc4)nn23)c1. The molecule has 4 rings (SSSR count). The van der Waals surface area contributed by atoms with Gasteiger partial charge in [0.2, 0.25) is 15.9 Å². The Labute approximate surface area is 203 Å². The van der Waals surface area contributed by atoms with Gasteiger partial charge in [0.15, 0.2) is 11.5 Å². The monoisotopic (exact) mass is 523 g/mol. The fourth-order valence-electron chi connectivity index (χ4n) is 3.24. The third kappa shape index (κ3) is 5.33. The number of methoxy groups -OCH3 is 2. The van der Waals surface area contributed by atoms with Crippen LogP contribution in [0.15, 0.2) is 59.5 Å². The Morgan fingerprint density at radius 3 is 2.39 bits per heavy atom. The van der Waals surface area contributed by atoms with E-state index in [1.54, 1.807) is 30.3 Å². The van der Waals surface area contributed by atoms with Crippen LogP contribution in [0, 0.1) is 0 Å². The molecule has 0 amide bonds. The number of ether oxygens (including phenoxy) is 3. The Hall–Kier alpha value is -3.91. The molecule has 0 saturated heterocycles. The molecule has 0 radical (unpaired) electrons. The van der Waals surface area contributed by atoms with Crippen LogP contribution in [0.1, 0.15) is 5.56 Å². The molecule has 0 atom stereocenters. The van der Waals surface area contributed by atoms with Gasteiger partial charge >= 0.3 is 6.18 Å². The van der Waals surface area contributed by atoms with Crippen molar-refractivity contribution in [2.45, 2.75) is 11.1 Å². The molecule has 0 aliphatic rings. The van der Waals surface area contributed by atoms with E-state index in [0.29, 0.717) is 40.7 Å². The standard InChI is InChI=1S/C22H20F3N5O5S/c1-33-15-5-8-18(34-2)17(13-15)21-28-27-19-9-10-20(29-30(19)21)35-12-11-26-36(31,32)16-6-3-14(4-7-16)22(23,24)25/h3-10,13,26H,11-12H2,1-2H3. The first kappa shape index (κ1) is 25.2.